The maximum atomic E-state index is 11.4. The third-order valence-corrected chi connectivity index (χ3v) is 3.59. The highest BCUT2D eigenvalue weighted by atomic mass is 35.5. The zero-order chi connectivity index (χ0) is 14.5. The maximum absolute atomic E-state index is 11.4. The zero-order valence-electron chi connectivity index (χ0n) is 11.2. The lowest BCUT2D eigenvalue weighted by Crippen LogP contribution is -2.30. The Labute approximate surface area is 123 Å². The molecule has 0 atom stereocenters. The van der Waals surface area contributed by atoms with Crippen molar-refractivity contribution >= 4 is 34.8 Å². The van der Waals surface area contributed by atoms with Gasteiger partial charge in [0.2, 0.25) is 0 Å². The molecular formula is C14H18ClN3O2. The van der Waals surface area contributed by atoms with Gasteiger partial charge in [0.15, 0.2) is 0 Å². The molecule has 0 saturated carbocycles. The Balaban J connectivity index is 2.35. The molecule has 1 saturated heterocycles. The molecule has 1 aliphatic rings. The van der Waals surface area contributed by atoms with Gasteiger partial charge in [-0.2, -0.15) is 0 Å². The van der Waals surface area contributed by atoms with Crippen molar-refractivity contribution in [3.8, 4) is 0 Å². The number of alkyl halides is 1. The van der Waals surface area contributed by atoms with Crippen LogP contribution in [0.1, 0.15) is 29.6 Å². The van der Waals surface area contributed by atoms with Crippen molar-refractivity contribution < 1.29 is 9.90 Å². The molecule has 0 unspecified atom stereocenters. The minimum Gasteiger partial charge on any atom is -0.478 e. The lowest BCUT2D eigenvalue weighted by molar-refractivity contribution is 0.0697. The molecule has 0 spiro atoms. The number of rotatable bonds is 4. The van der Waals surface area contributed by atoms with E-state index in [1.807, 2.05) is 0 Å². The van der Waals surface area contributed by atoms with Gasteiger partial charge in [-0.15, -0.1) is 11.6 Å². The molecular weight excluding hydrogens is 278 g/mol. The number of halogens is 1. The summed E-state index contributed by atoms with van der Waals surface area (Å²) in [7, 11) is 0. The van der Waals surface area contributed by atoms with Gasteiger partial charge in [-0.1, -0.05) is 0 Å². The van der Waals surface area contributed by atoms with Crippen LogP contribution in [0.2, 0.25) is 0 Å². The van der Waals surface area contributed by atoms with Crippen molar-refractivity contribution in [1.82, 2.24) is 0 Å². The van der Waals surface area contributed by atoms with E-state index in [1.54, 1.807) is 18.2 Å². The summed E-state index contributed by atoms with van der Waals surface area (Å²) in [6.45, 7) is 1.79. The first kappa shape index (κ1) is 14.7. The highest BCUT2D eigenvalue weighted by molar-refractivity contribution is 6.28. The Morgan fingerprint density at radius 1 is 1.35 bits per heavy atom. The van der Waals surface area contributed by atoms with E-state index in [2.05, 4.69) is 9.89 Å². The summed E-state index contributed by atoms with van der Waals surface area (Å²) in [6.07, 6.45) is 3.39. The number of amidine groups is 1. The molecule has 2 rings (SSSR count). The number of benzene rings is 1. The van der Waals surface area contributed by atoms with Gasteiger partial charge in [0, 0.05) is 13.1 Å². The monoisotopic (exact) mass is 295 g/mol. The number of anilines is 1. The van der Waals surface area contributed by atoms with Gasteiger partial charge in [0.25, 0.3) is 0 Å². The third-order valence-electron chi connectivity index (χ3n) is 3.32. The number of aromatic carboxylic acids is 1. The fourth-order valence-electron chi connectivity index (χ4n) is 2.37. The van der Waals surface area contributed by atoms with Gasteiger partial charge in [-0.05, 0) is 37.5 Å². The molecule has 5 nitrogen and oxygen atoms in total. The van der Waals surface area contributed by atoms with Crippen LogP contribution >= 0.6 is 11.6 Å². The molecule has 1 aliphatic heterocycles. The van der Waals surface area contributed by atoms with E-state index >= 15 is 0 Å². The highest BCUT2D eigenvalue weighted by Gasteiger charge is 2.18. The molecule has 1 aromatic carbocycles. The summed E-state index contributed by atoms with van der Waals surface area (Å²) < 4.78 is 0. The molecule has 20 heavy (non-hydrogen) atoms. The topological polar surface area (TPSA) is 78.9 Å². The molecule has 0 bridgehead atoms. The predicted molar refractivity (Wildman–Crippen MR) is 81.5 cm³/mol. The number of hydrogen-bond acceptors (Lipinski definition) is 3. The molecule has 3 N–H and O–H groups in total. The van der Waals surface area contributed by atoms with Gasteiger partial charge in [0.05, 0.1) is 22.8 Å². The van der Waals surface area contributed by atoms with Crippen molar-refractivity contribution in [2.45, 2.75) is 19.3 Å². The minimum absolute atomic E-state index is 0.121. The maximum Gasteiger partial charge on any atom is 0.337 e. The van der Waals surface area contributed by atoms with E-state index in [4.69, 9.17) is 17.3 Å². The lowest BCUT2D eigenvalue weighted by atomic mass is 10.1. The summed E-state index contributed by atoms with van der Waals surface area (Å²) in [5.74, 6) is -0.559. The average molecular weight is 296 g/mol. The summed E-state index contributed by atoms with van der Waals surface area (Å²) in [5, 5.41) is 9.38. The number of hydrogen-bond donors (Lipinski definition) is 2. The van der Waals surface area contributed by atoms with Crippen molar-refractivity contribution in [3.05, 3.63) is 23.8 Å². The first-order valence-corrected chi connectivity index (χ1v) is 7.16. The lowest BCUT2D eigenvalue weighted by Gasteiger charge is -2.30. The van der Waals surface area contributed by atoms with Crippen molar-refractivity contribution in [2.24, 2.45) is 10.7 Å². The minimum atomic E-state index is -0.952. The van der Waals surface area contributed by atoms with E-state index in [-0.39, 0.29) is 17.3 Å². The third kappa shape index (κ3) is 3.42. The molecule has 0 radical (unpaired) electrons. The number of piperidine rings is 1. The van der Waals surface area contributed by atoms with Gasteiger partial charge >= 0.3 is 5.97 Å². The Morgan fingerprint density at radius 2 is 2.05 bits per heavy atom. The van der Waals surface area contributed by atoms with Crippen LogP contribution < -0.4 is 10.6 Å². The van der Waals surface area contributed by atoms with E-state index < -0.39 is 5.97 Å². The molecule has 1 heterocycles. The van der Waals surface area contributed by atoms with E-state index in [9.17, 15) is 9.90 Å². The molecule has 0 amide bonds. The number of aliphatic imine (C=N–C) groups is 1. The van der Waals surface area contributed by atoms with Crippen molar-refractivity contribution in [3.63, 3.8) is 0 Å². The summed E-state index contributed by atoms with van der Waals surface area (Å²) in [6, 6.07) is 5.12. The predicted octanol–water partition coefficient (Wildman–Crippen LogP) is 2.60. The number of nitrogens with zero attached hydrogens (tertiary/aromatic N) is 2. The first-order valence-electron chi connectivity index (χ1n) is 6.63. The van der Waals surface area contributed by atoms with Crippen LogP contribution in [0.3, 0.4) is 0 Å². The fraction of sp³-hybridized carbons (Fsp3) is 0.429. The Hall–Kier alpha value is -1.75. The van der Waals surface area contributed by atoms with Crippen molar-refractivity contribution in [1.29, 1.82) is 0 Å². The summed E-state index contributed by atoms with van der Waals surface area (Å²) in [5.41, 5.74) is 7.10. The molecule has 108 valence electrons. The van der Waals surface area contributed by atoms with Crippen LogP contribution in [0.25, 0.3) is 0 Å². The Kier molecular flexibility index (Phi) is 4.84. The number of carboxylic acids is 1. The van der Waals surface area contributed by atoms with Gasteiger partial charge < -0.3 is 15.7 Å². The largest absolute Gasteiger partial charge is 0.478 e. The number of carboxylic acid groups (broad SMARTS) is 1. The zero-order valence-corrected chi connectivity index (χ0v) is 11.9. The van der Waals surface area contributed by atoms with Crippen LogP contribution in [0, 0.1) is 0 Å². The van der Waals surface area contributed by atoms with Gasteiger partial charge in [-0.25, -0.2) is 9.79 Å². The van der Waals surface area contributed by atoms with Crippen LogP contribution in [0.4, 0.5) is 11.4 Å². The molecule has 1 aromatic rings. The molecule has 0 aromatic heterocycles. The summed E-state index contributed by atoms with van der Waals surface area (Å²) >= 11 is 5.58. The average Bonchev–Trinajstić information content (AvgIpc) is 2.48. The van der Waals surface area contributed by atoms with Gasteiger partial charge in [0.1, 0.15) is 5.84 Å². The van der Waals surface area contributed by atoms with Crippen molar-refractivity contribution in [2.75, 3.05) is 23.9 Å². The van der Waals surface area contributed by atoms with E-state index in [0.717, 1.165) is 31.6 Å². The second-order valence-electron chi connectivity index (χ2n) is 4.79. The van der Waals surface area contributed by atoms with Crippen LogP contribution in [0.15, 0.2) is 23.2 Å². The summed E-state index contributed by atoms with van der Waals surface area (Å²) in [4.78, 5) is 17.6. The second-order valence-corrected chi connectivity index (χ2v) is 5.06. The van der Waals surface area contributed by atoms with Crippen LogP contribution in [-0.2, 0) is 0 Å². The normalized spacial score (nSPS) is 16.2. The standard InChI is InChI=1S/C14H18ClN3O2/c15-9-13(16)17-10-4-5-12(11(8-10)14(19)20)18-6-2-1-3-7-18/h4-5,8H,1-3,6-7,9H2,(H2,16,17)(H,19,20). The second kappa shape index (κ2) is 6.61. The van der Waals surface area contributed by atoms with E-state index in [0.29, 0.717) is 5.69 Å². The van der Waals surface area contributed by atoms with E-state index in [1.165, 1.54) is 6.42 Å². The Morgan fingerprint density at radius 3 is 2.65 bits per heavy atom. The number of nitrogens with two attached hydrogens (primary N) is 1. The number of carbonyl (C=O) groups is 1. The fourth-order valence-corrected chi connectivity index (χ4v) is 2.43. The molecule has 0 aliphatic carbocycles. The first-order chi connectivity index (χ1) is 9.61. The SMILES string of the molecule is NC(CCl)=Nc1ccc(N2CCCCC2)c(C(=O)O)c1. The Bertz CT molecular complexity index is 525. The van der Waals surface area contributed by atoms with Crippen LogP contribution in [-0.4, -0.2) is 35.9 Å². The van der Waals surface area contributed by atoms with Gasteiger partial charge in [-0.3, -0.25) is 0 Å². The molecule has 1 fully saturated rings. The smallest absolute Gasteiger partial charge is 0.337 e. The quantitative estimate of drug-likeness (QED) is 0.508. The van der Waals surface area contributed by atoms with Crippen LogP contribution in [0.5, 0.6) is 0 Å². The molecule has 6 heteroatoms. The highest BCUT2D eigenvalue weighted by Crippen LogP contribution is 2.28.